The summed E-state index contributed by atoms with van der Waals surface area (Å²) < 4.78 is 0. The summed E-state index contributed by atoms with van der Waals surface area (Å²) in [7, 11) is 0. The van der Waals surface area contributed by atoms with Crippen LogP contribution in [0.3, 0.4) is 0 Å². The SMILES string of the molecule is CC(C)(C)c1ccc(C2CC(N)C2)cc1.Cl. The van der Waals surface area contributed by atoms with E-state index in [-0.39, 0.29) is 17.8 Å². The van der Waals surface area contributed by atoms with Crippen LogP contribution < -0.4 is 5.73 Å². The minimum absolute atomic E-state index is 0. The van der Waals surface area contributed by atoms with Crippen molar-refractivity contribution < 1.29 is 0 Å². The molecule has 2 rings (SSSR count). The van der Waals surface area contributed by atoms with Gasteiger partial charge in [0.2, 0.25) is 0 Å². The normalized spacial score (nSPS) is 24.5. The summed E-state index contributed by atoms with van der Waals surface area (Å²) in [6, 6.07) is 9.52. The molecule has 0 aliphatic heterocycles. The fourth-order valence-electron chi connectivity index (χ4n) is 2.19. The molecule has 0 saturated heterocycles. The van der Waals surface area contributed by atoms with Crippen LogP contribution in [0.5, 0.6) is 0 Å². The van der Waals surface area contributed by atoms with E-state index >= 15 is 0 Å². The van der Waals surface area contributed by atoms with Crippen LogP contribution in [0.2, 0.25) is 0 Å². The van der Waals surface area contributed by atoms with E-state index in [2.05, 4.69) is 45.0 Å². The van der Waals surface area contributed by atoms with Crippen LogP contribution in [0.4, 0.5) is 0 Å². The lowest BCUT2D eigenvalue weighted by atomic mass is 9.75. The summed E-state index contributed by atoms with van der Waals surface area (Å²) in [6.45, 7) is 6.75. The largest absolute Gasteiger partial charge is 0.328 e. The lowest BCUT2D eigenvalue weighted by Gasteiger charge is -2.33. The zero-order chi connectivity index (χ0) is 11.1. The van der Waals surface area contributed by atoms with Gasteiger partial charge >= 0.3 is 0 Å². The Kier molecular flexibility index (Phi) is 4.03. The van der Waals surface area contributed by atoms with Gasteiger partial charge in [-0.1, -0.05) is 45.0 Å². The van der Waals surface area contributed by atoms with Crippen molar-refractivity contribution in [1.82, 2.24) is 0 Å². The van der Waals surface area contributed by atoms with Crippen LogP contribution in [0.15, 0.2) is 24.3 Å². The van der Waals surface area contributed by atoms with Crippen LogP contribution >= 0.6 is 12.4 Å². The van der Waals surface area contributed by atoms with E-state index in [9.17, 15) is 0 Å². The molecule has 0 radical (unpaired) electrons. The second-order valence-electron chi connectivity index (χ2n) is 5.80. The van der Waals surface area contributed by atoms with E-state index in [1.807, 2.05) is 0 Å². The van der Waals surface area contributed by atoms with Crippen molar-refractivity contribution in [3.63, 3.8) is 0 Å². The third kappa shape index (κ3) is 2.78. The van der Waals surface area contributed by atoms with Gasteiger partial charge in [-0.25, -0.2) is 0 Å². The van der Waals surface area contributed by atoms with Crippen LogP contribution in [0, 0.1) is 0 Å². The summed E-state index contributed by atoms with van der Waals surface area (Å²) >= 11 is 0. The number of benzene rings is 1. The second-order valence-corrected chi connectivity index (χ2v) is 5.80. The van der Waals surface area contributed by atoms with Crippen molar-refractivity contribution in [1.29, 1.82) is 0 Å². The van der Waals surface area contributed by atoms with E-state index in [4.69, 9.17) is 5.73 Å². The molecule has 1 fully saturated rings. The molecule has 0 spiro atoms. The topological polar surface area (TPSA) is 26.0 Å². The van der Waals surface area contributed by atoms with E-state index in [0.29, 0.717) is 12.0 Å². The van der Waals surface area contributed by atoms with Gasteiger partial charge < -0.3 is 5.73 Å². The first-order valence-electron chi connectivity index (χ1n) is 5.83. The first-order valence-corrected chi connectivity index (χ1v) is 5.83. The molecule has 2 heteroatoms. The third-order valence-corrected chi connectivity index (χ3v) is 3.42. The molecule has 0 amide bonds. The maximum atomic E-state index is 5.81. The standard InChI is InChI=1S/C14H21N.ClH/c1-14(2,3)12-6-4-10(5-7-12)11-8-13(15)9-11;/h4-7,11,13H,8-9,15H2,1-3H3;1H. The molecule has 0 bridgehead atoms. The van der Waals surface area contributed by atoms with Gasteiger partial charge in [-0.15, -0.1) is 12.4 Å². The van der Waals surface area contributed by atoms with E-state index in [0.717, 1.165) is 12.8 Å². The van der Waals surface area contributed by atoms with Gasteiger partial charge in [0.05, 0.1) is 0 Å². The minimum atomic E-state index is 0. The zero-order valence-corrected chi connectivity index (χ0v) is 11.2. The maximum absolute atomic E-state index is 5.81. The van der Waals surface area contributed by atoms with Crippen LogP contribution in [-0.4, -0.2) is 6.04 Å². The highest BCUT2D eigenvalue weighted by atomic mass is 35.5. The predicted molar refractivity (Wildman–Crippen MR) is 72.3 cm³/mol. The Balaban J connectivity index is 0.00000128. The molecule has 0 unspecified atom stereocenters. The molecule has 1 nitrogen and oxygen atoms in total. The molecule has 1 aliphatic rings. The molecule has 0 aromatic heterocycles. The highest BCUT2D eigenvalue weighted by Gasteiger charge is 2.27. The van der Waals surface area contributed by atoms with E-state index in [1.165, 1.54) is 11.1 Å². The van der Waals surface area contributed by atoms with Crippen molar-refractivity contribution in [2.75, 3.05) is 0 Å². The van der Waals surface area contributed by atoms with Crippen LogP contribution in [0.1, 0.15) is 50.7 Å². The number of hydrogen-bond donors (Lipinski definition) is 1. The van der Waals surface area contributed by atoms with Gasteiger partial charge in [0.25, 0.3) is 0 Å². The van der Waals surface area contributed by atoms with Crippen LogP contribution in [-0.2, 0) is 5.41 Å². The molecule has 0 atom stereocenters. The Labute approximate surface area is 105 Å². The molecule has 1 aliphatic carbocycles. The number of hydrogen-bond acceptors (Lipinski definition) is 1. The average molecular weight is 240 g/mol. The quantitative estimate of drug-likeness (QED) is 0.796. The Morgan fingerprint density at radius 3 is 1.94 bits per heavy atom. The summed E-state index contributed by atoms with van der Waals surface area (Å²) in [5, 5.41) is 0. The van der Waals surface area contributed by atoms with Crippen molar-refractivity contribution in [3.8, 4) is 0 Å². The molecular formula is C14H22ClN. The fourth-order valence-corrected chi connectivity index (χ4v) is 2.19. The van der Waals surface area contributed by atoms with Crippen molar-refractivity contribution in [2.24, 2.45) is 5.73 Å². The predicted octanol–water partition coefficient (Wildman–Crippen LogP) is 3.61. The summed E-state index contributed by atoms with van der Waals surface area (Å²) in [4.78, 5) is 0. The molecule has 0 heterocycles. The highest BCUT2D eigenvalue weighted by molar-refractivity contribution is 5.85. The van der Waals surface area contributed by atoms with Crippen molar-refractivity contribution in [3.05, 3.63) is 35.4 Å². The van der Waals surface area contributed by atoms with Crippen molar-refractivity contribution in [2.45, 2.75) is 51.0 Å². The average Bonchev–Trinajstić information content (AvgIpc) is 2.12. The molecule has 1 aromatic carbocycles. The van der Waals surface area contributed by atoms with E-state index in [1.54, 1.807) is 0 Å². The first-order chi connectivity index (χ1) is 6.97. The summed E-state index contributed by atoms with van der Waals surface area (Å²) in [5.41, 5.74) is 8.94. The monoisotopic (exact) mass is 239 g/mol. The van der Waals surface area contributed by atoms with E-state index < -0.39 is 0 Å². The third-order valence-electron chi connectivity index (χ3n) is 3.42. The van der Waals surface area contributed by atoms with Gasteiger partial charge in [-0.2, -0.15) is 0 Å². The second kappa shape index (κ2) is 4.77. The minimum Gasteiger partial charge on any atom is -0.328 e. The zero-order valence-electron chi connectivity index (χ0n) is 10.4. The Morgan fingerprint density at radius 1 is 1.06 bits per heavy atom. The van der Waals surface area contributed by atoms with Gasteiger partial charge in [0, 0.05) is 6.04 Å². The van der Waals surface area contributed by atoms with Gasteiger partial charge in [0.1, 0.15) is 0 Å². The number of halogens is 1. The Morgan fingerprint density at radius 2 is 1.56 bits per heavy atom. The number of nitrogens with two attached hydrogens (primary N) is 1. The summed E-state index contributed by atoms with van der Waals surface area (Å²) in [5.74, 6) is 0.717. The number of rotatable bonds is 1. The smallest absolute Gasteiger partial charge is 0.00504 e. The van der Waals surface area contributed by atoms with Gasteiger partial charge in [-0.3, -0.25) is 0 Å². The molecule has 2 N–H and O–H groups in total. The highest BCUT2D eigenvalue weighted by Crippen LogP contribution is 2.36. The van der Waals surface area contributed by atoms with Crippen LogP contribution in [0.25, 0.3) is 0 Å². The molecular weight excluding hydrogens is 218 g/mol. The maximum Gasteiger partial charge on any atom is 0.00504 e. The fraction of sp³-hybridized carbons (Fsp3) is 0.571. The Bertz CT molecular complexity index is 331. The lowest BCUT2D eigenvalue weighted by Crippen LogP contribution is -2.34. The Hall–Kier alpha value is -0.530. The molecule has 16 heavy (non-hydrogen) atoms. The van der Waals surface area contributed by atoms with Gasteiger partial charge in [0.15, 0.2) is 0 Å². The molecule has 1 aromatic rings. The molecule has 90 valence electrons. The molecule has 1 saturated carbocycles. The first kappa shape index (κ1) is 13.5. The van der Waals surface area contributed by atoms with Crippen molar-refractivity contribution >= 4 is 12.4 Å². The summed E-state index contributed by atoms with van der Waals surface area (Å²) in [6.07, 6.45) is 2.32. The van der Waals surface area contributed by atoms with Gasteiger partial charge in [-0.05, 0) is 35.3 Å². The lowest BCUT2D eigenvalue weighted by molar-refractivity contribution is 0.351.